The van der Waals surface area contributed by atoms with Gasteiger partial charge in [0.05, 0.1) is 0 Å². The summed E-state index contributed by atoms with van der Waals surface area (Å²) in [7, 11) is 0. The standard InChI is InChI=1S/C9H20N2O2/c1-3-4-8(12)9(13)11-6-7(2)5-10/h7-8,12H,3-6,10H2,1-2H3,(H,11,13). The Labute approximate surface area is 79.5 Å². The van der Waals surface area contributed by atoms with E-state index < -0.39 is 6.10 Å². The third-order valence-electron chi connectivity index (χ3n) is 1.89. The highest BCUT2D eigenvalue weighted by molar-refractivity contribution is 5.80. The largest absolute Gasteiger partial charge is 0.383 e. The van der Waals surface area contributed by atoms with Gasteiger partial charge in [-0.25, -0.2) is 0 Å². The van der Waals surface area contributed by atoms with E-state index in [1.54, 1.807) is 0 Å². The van der Waals surface area contributed by atoms with Crippen LogP contribution in [0.25, 0.3) is 0 Å². The van der Waals surface area contributed by atoms with Crippen molar-refractivity contribution in [1.82, 2.24) is 5.32 Å². The van der Waals surface area contributed by atoms with Crippen molar-refractivity contribution in [2.75, 3.05) is 13.1 Å². The molecule has 2 unspecified atom stereocenters. The summed E-state index contributed by atoms with van der Waals surface area (Å²) >= 11 is 0. The highest BCUT2D eigenvalue weighted by atomic mass is 16.3. The fraction of sp³-hybridized carbons (Fsp3) is 0.889. The quantitative estimate of drug-likeness (QED) is 0.543. The molecule has 0 spiro atoms. The predicted molar refractivity (Wildman–Crippen MR) is 52.1 cm³/mol. The molecule has 0 aromatic rings. The van der Waals surface area contributed by atoms with Gasteiger partial charge in [0.25, 0.3) is 0 Å². The van der Waals surface area contributed by atoms with E-state index in [9.17, 15) is 9.90 Å². The number of rotatable bonds is 6. The molecule has 4 N–H and O–H groups in total. The van der Waals surface area contributed by atoms with Crippen LogP contribution in [0.3, 0.4) is 0 Å². The Kier molecular flexibility index (Phi) is 6.54. The highest BCUT2D eigenvalue weighted by Gasteiger charge is 2.13. The van der Waals surface area contributed by atoms with E-state index >= 15 is 0 Å². The summed E-state index contributed by atoms with van der Waals surface area (Å²) in [6, 6.07) is 0. The maximum atomic E-state index is 11.2. The van der Waals surface area contributed by atoms with Crippen molar-refractivity contribution < 1.29 is 9.90 Å². The second kappa shape index (κ2) is 6.86. The molecule has 0 saturated carbocycles. The van der Waals surface area contributed by atoms with Gasteiger partial charge in [0, 0.05) is 6.54 Å². The van der Waals surface area contributed by atoms with Crippen LogP contribution in [0.2, 0.25) is 0 Å². The smallest absolute Gasteiger partial charge is 0.248 e. The van der Waals surface area contributed by atoms with Crippen LogP contribution in [0, 0.1) is 5.92 Å². The second-order valence-corrected chi connectivity index (χ2v) is 3.39. The first-order chi connectivity index (χ1) is 6.11. The molecule has 0 fully saturated rings. The molecule has 0 heterocycles. The van der Waals surface area contributed by atoms with E-state index in [1.807, 2.05) is 13.8 Å². The van der Waals surface area contributed by atoms with Gasteiger partial charge in [-0.1, -0.05) is 20.3 Å². The lowest BCUT2D eigenvalue weighted by Crippen LogP contribution is -2.38. The lowest BCUT2D eigenvalue weighted by atomic mass is 10.1. The topological polar surface area (TPSA) is 75.3 Å². The van der Waals surface area contributed by atoms with Crippen molar-refractivity contribution in [3.05, 3.63) is 0 Å². The van der Waals surface area contributed by atoms with Crippen LogP contribution in [-0.2, 0) is 4.79 Å². The lowest BCUT2D eigenvalue weighted by molar-refractivity contribution is -0.129. The summed E-state index contributed by atoms with van der Waals surface area (Å²) in [5, 5.41) is 11.9. The fourth-order valence-electron chi connectivity index (χ4n) is 0.881. The van der Waals surface area contributed by atoms with E-state index in [-0.39, 0.29) is 11.8 Å². The van der Waals surface area contributed by atoms with Gasteiger partial charge in [0.1, 0.15) is 6.10 Å². The van der Waals surface area contributed by atoms with Crippen LogP contribution in [0.15, 0.2) is 0 Å². The lowest BCUT2D eigenvalue weighted by Gasteiger charge is -2.13. The molecule has 0 aliphatic heterocycles. The third-order valence-corrected chi connectivity index (χ3v) is 1.89. The zero-order valence-electron chi connectivity index (χ0n) is 8.42. The zero-order valence-corrected chi connectivity index (χ0v) is 8.42. The van der Waals surface area contributed by atoms with E-state index in [1.165, 1.54) is 0 Å². The summed E-state index contributed by atoms with van der Waals surface area (Å²) in [6.07, 6.45) is 0.458. The van der Waals surface area contributed by atoms with Crippen molar-refractivity contribution in [3.63, 3.8) is 0 Å². The second-order valence-electron chi connectivity index (χ2n) is 3.39. The van der Waals surface area contributed by atoms with Crippen molar-refractivity contribution in [2.45, 2.75) is 32.8 Å². The molecule has 0 aromatic carbocycles. The first kappa shape index (κ1) is 12.4. The Bertz CT molecular complexity index is 151. The minimum Gasteiger partial charge on any atom is -0.383 e. The number of hydrogen-bond donors (Lipinski definition) is 3. The number of aliphatic hydroxyl groups is 1. The first-order valence-electron chi connectivity index (χ1n) is 4.77. The Balaban J connectivity index is 3.61. The van der Waals surface area contributed by atoms with Crippen LogP contribution in [0.4, 0.5) is 0 Å². The number of hydrogen-bond acceptors (Lipinski definition) is 3. The third kappa shape index (κ3) is 5.60. The maximum absolute atomic E-state index is 11.2. The first-order valence-corrected chi connectivity index (χ1v) is 4.77. The number of aliphatic hydroxyl groups excluding tert-OH is 1. The van der Waals surface area contributed by atoms with Crippen LogP contribution < -0.4 is 11.1 Å². The van der Waals surface area contributed by atoms with E-state index in [4.69, 9.17) is 5.73 Å². The van der Waals surface area contributed by atoms with Gasteiger partial charge < -0.3 is 16.2 Å². The van der Waals surface area contributed by atoms with Gasteiger partial charge in [-0.15, -0.1) is 0 Å². The van der Waals surface area contributed by atoms with Gasteiger partial charge in [0.15, 0.2) is 0 Å². The summed E-state index contributed by atoms with van der Waals surface area (Å²) in [5.41, 5.74) is 5.38. The number of carbonyl (C=O) groups excluding carboxylic acids is 1. The molecule has 13 heavy (non-hydrogen) atoms. The molecule has 4 heteroatoms. The molecule has 0 bridgehead atoms. The minimum atomic E-state index is -0.866. The molecule has 0 saturated heterocycles. The Morgan fingerprint density at radius 1 is 1.62 bits per heavy atom. The number of nitrogens with two attached hydrogens (primary N) is 1. The molecule has 1 amide bonds. The summed E-state index contributed by atoms with van der Waals surface area (Å²) < 4.78 is 0. The molecule has 78 valence electrons. The Morgan fingerprint density at radius 2 is 2.23 bits per heavy atom. The normalized spacial score (nSPS) is 15.1. The average Bonchev–Trinajstić information content (AvgIpc) is 2.13. The number of carbonyl (C=O) groups is 1. The maximum Gasteiger partial charge on any atom is 0.248 e. The minimum absolute atomic E-state index is 0.262. The van der Waals surface area contributed by atoms with E-state index in [0.29, 0.717) is 19.5 Å². The monoisotopic (exact) mass is 188 g/mol. The Hall–Kier alpha value is -0.610. The van der Waals surface area contributed by atoms with Gasteiger partial charge >= 0.3 is 0 Å². The number of amides is 1. The average molecular weight is 188 g/mol. The molecule has 4 nitrogen and oxygen atoms in total. The van der Waals surface area contributed by atoms with Crippen LogP contribution >= 0.6 is 0 Å². The zero-order chi connectivity index (χ0) is 10.3. The molecular formula is C9H20N2O2. The molecule has 2 atom stereocenters. The van der Waals surface area contributed by atoms with E-state index in [2.05, 4.69) is 5.32 Å². The summed E-state index contributed by atoms with van der Waals surface area (Å²) in [4.78, 5) is 11.2. The fourth-order valence-corrected chi connectivity index (χ4v) is 0.881. The summed E-state index contributed by atoms with van der Waals surface area (Å²) in [6.45, 7) is 4.96. The van der Waals surface area contributed by atoms with Gasteiger partial charge in [-0.05, 0) is 18.9 Å². The van der Waals surface area contributed by atoms with Crippen molar-refractivity contribution in [2.24, 2.45) is 11.7 Å². The van der Waals surface area contributed by atoms with Crippen LogP contribution in [0.5, 0.6) is 0 Å². The van der Waals surface area contributed by atoms with Gasteiger partial charge in [-0.2, -0.15) is 0 Å². The molecule has 0 radical (unpaired) electrons. The van der Waals surface area contributed by atoms with Crippen molar-refractivity contribution in [3.8, 4) is 0 Å². The molecular weight excluding hydrogens is 168 g/mol. The molecule has 0 aliphatic carbocycles. The Morgan fingerprint density at radius 3 is 2.69 bits per heavy atom. The molecule has 0 rings (SSSR count). The van der Waals surface area contributed by atoms with Gasteiger partial charge in [0.2, 0.25) is 5.91 Å². The number of nitrogens with one attached hydrogen (secondary N) is 1. The van der Waals surface area contributed by atoms with Gasteiger partial charge in [-0.3, -0.25) is 4.79 Å². The highest BCUT2D eigenvalue weighted by Crippen LogP contribution is 1.96. The van der Waals surface area contributed by atoms with Crippen LogP contribution in [-0.4, -0.2) is 30.2 Å². The van der Waals surface area contributed by atoms with Crippen LogP contribution in [0.1, 0.15) is 26.7 Å². The molecule has 0 aliphatic rings. The van der Waals surface area contributed by atoms with Crippen molar-refractivity contribution >= 4 is 5.91 Å². The SMILES string of the molecule is CCCC(O)C(=O)NCC(C)CN. The molecule has 0 aromatic heterocycles. The summed E-state index contributed by atoms with van der Waals surface area (Å²) in [5.74, 6) is -0.0278. The van der Waals surface area contributed by atoms with E-state index in [0.717, 1.165) is 6.42 Å². The predicted octanol–water partition coefficient (Wildman–Crippen LogP) is -0.142. The van der Waals surface area contributed by atoms with Crippen molar-refractivity contribution in [1.29, 1.82) is 0 Å².